The normalized spacial score (nSPS) is 14.6. The number of hydrogen-bond donors (Lipinski definition) is 3. The molecule has 1 fully saturated rings. The summed E-state index contributed by atoms with van der Waals surface area (Å²) >= 11 is 0. The highest BCUT2D eigenvalue weighted by atomic mass is 19.4. The highest BCUT2D eigenvalue weighted by molar-refractivity contribution is 5.86. The highest BCUT2D eigenvalue weighted by Crippen LogP contribution is 2.30. The third-order valence-electron chi connectivity index (χ3n) is 6.40. The Hall–Kier alpha value is -4.51. The third kappa shape index (κ3) is 8.76. The summed E-state index contributed by atoms with van der Waals surface area (Å²) in [6.07, 6.45) is -6.33. The number of alkyl halides is 6. The van der Waals surface area contributed by atoms with E-state index in [0.29, 0.717) is 12.4 Å². The van der Waals surface area contributed by atoms with Crippen LogP contribution in [0.3, 0.4) is 0 Å². The molecule has 0 amide bonds. The summed E-state index contributed by atoms with van der Waals surface area (Å²) in [6, 6.07) is 14.1. The molecule has 17 heteroatoms. The second-order valence-corrected chi connectivity index (χ2v) is 9.51. The van der Waals surface area contributed by atoms with Gasteiger partial charge in [-0.05, 0) is 62.7 Å². The predicted molar refractivity (Wildman–Crippen MR) is 143 cm³/mol. The second kappa shape index (κ2) is 13.9. The van der Waals surface area contributed by atoms with E-state index < -0.39 is 24.3 Å². The fourth-order valence-electron chi connectivity index (χ4n) is 4.03. The van der Waals surface area contributed by atoms with Crippen molar-refractivity contribution < 1.29 is 55.6 Å². The van der Waals surface area contributed by atoms with E-state index in [1.165, 1.54) is 0 Å². The van der Waals surface area contributed by atoms with E-state index in [4.69, 9.17) is 34.3 Å². The minimum Gasteiger partial charge on any atom is -0.488 e. The van der Waals surface area contributed by atoms with E-state index in [2.05, 4.69) is 21.6 Å². The Balaban J connectivity index is 0.000000317. The highest BCUT2D eigenvalue weighted by Gasteiger charge is 2.39. The number of nitrogens with zero attached hydrogens (tertiary/aromatic N) is 4. The van der Waals surface area contributed by atoms with E-state index in [9.17, 15) is 26.3 Å². The Bertz CT molecular complexity index is 1580. The van der Waals surface area contributed by atoms with Crippen LogP contribution in [-0.4, -0.2) is 86.5 Å². The molecule has 4 aromatic rings. The van der Waals surface area contributed by atoms with Gasteiger partial charge in [-0.25, -0.2) is 14.6 Å². The zero-order chi connectivity index (χ0) is 32.7. The maximum atomic E-state index is 10.6. The number of aryl methyl sites for hydroxylation is 1. The quantitative estimate of drug-likeness (QED) is 0.266. The minimum atomic E-state index is -5.08. The number of halogens is 6. The molecule has 3 N–H and O–H groups in total. The van der Waals surface area contributed by atoms with Crippen molar-refractivity contribution in [2.24, 2.45) is 0 Å². The lowest BCUT2D eigenvalue weighted by Crippen LogP contribution is -2.47. The van der Waals surface area contributed by atoms with Crippen LogP contribution in [0.2, 0.25) is 0 Å². The first-order valence-corrected chi connectivity index (χ1v) is 12.8. The van der Waals surface area contributed by atoms with Crippen LogP contribution in [0.15, 0.2) is 48.7 Å². The summed E-state index contributed by atoms with van der Waals surface area (Å²) < 4.78 is 77.5. The number of rotatable bonds is 5. The summed E-state index contributed by atoms with van der Waals surface area (Å²) in [5.74, 6) is -4.04. The number of nitrogens with one attached hydrogen (secondary N) is 1. The van der Waals surface area contributed by atoms with Crippen molar-refractivity contribution in [1.82, 2.24) is 24.9 Å². The summed E-state index contributed by atoms with van der Waals surface area (Å²) in [6.45, 7) is 4.42. The predicted octanol–water partition coefficient (Wildman–Crippen LogP) is 4.67. The van der Waals surface area contributed by atoms with Crippen LogP contribution in [0.5, 0.6) is 5.75 Å². The molecule has 5 rings (SSSR count). The Morgan fingerprint density at radius 2 is 1.59 bits per heavy atom. The summed E-state index contributed by atoms with van der Waals surface area (Å²) in [5, 5.41) is 27.3. The van der Waals surface area contributed by atoms with Gasteiger partial charge in [-0.3, -0.25) is 4.40 Å². The molecule has 0 spiro atoms. The SMILES string of the molecule is COC1(COc2cccc3ccc(-c4nnc5cc(C)ccn45)nc23)CCNCC1.O=C(O)C(F)(F)F.O=C(O)C(F)(F)F. The Morgan fingerprint density at radius 3 is 2.16 bits per heavy atom. The number of benzene rings is 1. The first-order chi connectivity index (χ1) is 20.6. The van der Waals surface area contributed by atoms with Gasteiger partial charge in [0, 0.05) is 18.7 Å². The Morgan fingerprint density at radius 1 is 0.977 bits per heavy atom. The van der Waals surface area contributed by atoms with Gasteiger partial charge < -0.3 is 25.0 Å². The number of fused-ring (bicyclic) bond motifs is 2. The molecule has 0 saturated carbocycles. The zero-order valence-electron chi connectivity index (χ0n) is 23.2. The molecule has 1 aliphatic heterocycles. The van der Waals surface area contributed by atoms with Crippen molar-refractivity contribution in [2.75, 3.05) is 26.8 Å². The molecular weight excluding hydrogens is 604 g/mol. The number of pyridine rings is 2. The van der Waals surface area contributed by atoms with Gasteiger partial charge in [0.25, 0.3) is 0 Å². The van der Waals surface area contributed by atoms with Gasteiger partial charge in [0.05, 0.1) is 0 Å². The van der Waals surface area contributed by atoms with Gasteiger partial charge in [0.15, 0.2) is 11.5 Å². The minimum absolute atomic E-state index is 0.258. The van der Waals surface area contributed by atoms with Gasteiger partial charge in [-0.1, -0.05) is 18.2 Å². The molecule has 0 bridgehead atoms. The number of aliphatic carboxylic acids is 2. The average molecular weight is 632 g/mol. The molecule has 1 saturated heterocycles. The lowest BCUT2D eigenvalue weighted by Gasteiger charge is -2.36. The van der Waals surface area contributed by atoms with Crippen molar-refractivity contribution in [3.05, 3.63) is 54.2 Å². The van der Waals surface area contributed by atoms with Crippen LogP contribution in [0.1, 0.15) is 18.4 Å². The van der Waals surface area contributed by atoms with Gasteiger partial charge in [0.2, 0.25) is 0 Å². The lowest BCUT2D eigenvalue weighted by atomic mass is 9.93. The van der Waals surface area contributed by atoms with E-state index in [1.807, 2.05) is 53.9 Å². The monoisotopic (exact) mass is 631 g/mol. The third-order valence-corrected chi connectivity index (χ3v) is 6.40. The van der Waals surface area contributed by atoms with Crippen molar-refractivity contribution in [1.29, 1.82) is 0 Å². The number of ether oxygens (including phenoxy) is 2. The van der Waals surface area contributed by atoms with Gasteiger partial charge >= 0.3 is 24.3 Å². The number of carboxylic acid groups (broad SMARTS) is 2. The Kier molecular flexibility index (Phi) is 10.7. The van der Waals surface area contributed by atoms with Crippen LogP contribution in [0.25, 0.3) is 28.1 Å². The number of methoxy groups -OCH3 is 1. The number of para-hydroxylation sites is 1. The Labute approximate surface area is 245 Å². The van der Waals surface area contributed by atoms with Gasteiger partial charge in [-0.2, -0.15) is 26.3 Å². The molecule has 238 valence electrons. The number of aromatic nitrogens is 4. The number of piperidine rings is 1. The van der Waals surface area contributed by atoms with Crippen LogP contribution < -0.4 is 10.1 Å². The molecular formula is C27H27F6N5O6. The molecule has 11 nitrogen and oxygen atoms in total. The van der Waals surface area contributed by atoms with E-state index in [0.717, 1.165) is 59.5 Å². The van der Waals surface area contributed by atoms with Crippen molar-refractivity contribution in [3.63, 3.8) is 0 Å². The van der Waals surface area contributed by atoms with E-state index in [1.54, 1.807) is 7.11 Å². The maximum absolute atomic E-state index is 10.6. The summed E-state index contributed by atoms with van der Waals surface area (Å²) in [4.78, 5) is 22.7. The molecule has 4 heterocycles. The number of carboxylic acids is 2. The first-order valence-electron chi connectivity index (χ1n) is 12.8. The standard InChI is InChI=1S/C23H25N5O2.2C2HF3O2/c1-16-8-13-28-20(14-16)26-27-22(28)18-7-6-17-4-3-5-19(21(17)25-18)30-15-23(29-2)9-11-24-12-10-23;2*3-2(4,5)1(6)7/h3-8,13-14,24H,9-12,15H2,1-2H3;2*(H,6,7). The average Bonchev–Trinajstić information content (AvgIpc) is 3.39. The molecule has 0 aliphatic carbocycles. The molecule has 0 atom stereocenters. The maximum Gasteiger partial charge on any atom is 0.490 e. The molecule has 1 aromatic carbocycles. The van der Waals surface area contributed by atoms with Crippen molar-refractivity contribution >= 4 is 28.5 Å². The van der Waals surface area contributed by atoms with Crippen LogP contribution in [0.4, 0.5) is 26.3 Å². The molecule has 0 unspecified atom stereocenters. The van der Waals surface area contributed by atoms with E-state index in [-0.39, 0.29) is 5.60 Å². The molecule has 1 aliphatic rings. The lowest BCUT2D eigenvalue weighted by molar-refractivity contribution is -0.193. The zero-order valence-corrected chi connectivity index (χ0v) is 23.2. The summed E-state index contributed by atoms with van der Waals surface area (Å²) in [7, 11) is 1.77. The van der Waals surface area contributed by atoms with E-state index >= 15 is 0 Å². The second-order valence-electron chi connectivity index (χ2n) is 9.51. The smallest absolute Gasteiger partial charge is 0.488 e. The van der Waals surface area contributed by atoms with Crippen molar-refractivity contribution in [3.8, 4) is 17.3 Å². The van der Waals surface area contributed by atoms with Crippen LogP contribution in [0, 0.1) is 6.92 Å². The number of hydrogen-bond acceptors (Lipinski definition) is 8. The van der Waals surface area contributed by atoms with Gasteiger partial charge in [-0.15, -0.1) is 10.2 Å². The van der Waals surface area contributed by atoms with Crippen LogP contribution >= 0.6 is 0 Å². The topological polar surface area (TPSA) is 148 Å². The summed E-state index contributed by atoms with van der Waals surface area (Å²) in [5.41, 5.74) is 3.28. The molecule has 0 radical (unpaired) electrons. The van der Waals surface area contributed by atoms with Crippen LogP contribution in [-0.2, 0) is 14.3 Å². The van der Waals surface area contributed by atoms with Crippen molar-refractivity contribution in [2.45, 2.75) is 37.7 Å². The largest absolute Gasteiger partial charge is 0.490 e. The molecule has 44 heavy (non-hydrogen) atoms. The first kappa shape index (κ1) is 34.0. The number of carbonyl (C=O) groups is 2. The van der Waals surface area contributed by atoms with Gasteiger partial charge in [0.1, 0.15) is 29.2 Å². The molecule has 3 aromatic heterocycles. The fraction of sp³-hybridized carbons (Fsp3) is 0.370. The fourth-order valence-corrected chi connectivity index (χ4v) is 4.03.